The lowest BCUT2D eigenvalue weighted by Crippen LogP contribution is -2.70. The fourth-order valence-electron chi connectivity index (χ4n) is 13.4. The van der Waals surface area contributed by atoms with Crippen molar-refractivity contribution in [3.05, 3.63) is 0 Å². The predicted molar refractivity (Wildman–Crippen MR) is 320 cm³/mol. The van der Waals surface area contributed by atoms with Crippen LogP contribution in [-0.4, -0.2) is 485 Å². The molecule has 0 spiro atoms. The van der Waals surface area contributed by atoms with Crippen LogP contribution >= 0.6 is 0 Å². The van der Waals surface area contributed by atoms with Gasteiger partial charge in [-0.05, 0) is 0 Å². The highest BCUT2D eigenvalue weighted by molar-refractivity contribution is 5.73. The summed E-state index contributed by atoms with van der Waals surface area (Å²) in [6, 6.07) is -3.57. The standard InChI is InChI=1S/C58H98N2O46/c1-12(67)59-23-32(76)45(18(7-65)93-50(23)89)102-51-24(60-13(2)68)33(77)46(19(8-66)98-51)103-56-44(88)47(31(75)22(100-56)11-92-54-42(86)37(81)29(73)20(99-54)9-90-52-40(84)34(78)25(69)14(3-61)94-52)104-58-49(39(83)30(74)21(101-58)10-91-53-41(85)35(79)26(70)15(4-62)95-53)106-57-48(38(82)28(72)17(6-64)97-57)105-55-43(87)36(80)27(71)16(5-63)96-55/h14-58,61-66,69-89H,3-11H2,1-2H3,(H,59,67)(H,60,68)/t14-,15-,16-,17-,18-,19-,20-,21-,22-,23-,24-,25-,26-,27-,28-,29-,30-,31-,32-,33-,34+,35+,36+,37+,38+,39+,40+,41+,42+,43+,44+,45-,46-,47+,48+,49+,50-,51+,52+,53+,54+,55-,56+,57-,58-/m1/s1. The first-order chi connectivity index (χ1) is 50.1. The van der Waals surface area contributed by atoms with E-state index in [0.717, 1.165) is 13.8 Å². The van der Waals surface area contributed by atoms with Gasteiger partial charge in [-0.15, -0.1) is 0 Å². The summed E-state index contributed by atoms with van der Waals surface area (Å²) in [5.41, 5.74) is 0. The molecule has 9 rings (SSSR count). The minimum absolute atomic E-state index is 0.788. The lowest BCUT2D eigenvalue weighted by Gasteiger charge is -2.51. The normalized spacial score (nSPS) is 51.2. The first kappa shape index (κ1) is 87.2. The maximum atomic E-state index is 12.9. The van der Waals surface area contributed by atoms with Crippen molar-refractivity contribution in [3.63, 3.8) is 0 Å². The third kappa shape index (κ3) is 18.8. The number of rotatable bonds is 27. The molecule has 45 atom stereocenters. The van der Waals surface area contributed by atoms with Crippen LogP contribution in [0.25, 0.3) is 0 Å². The van der Waals surface area contributed by atoms with Gasteiger partial charge >= 0.3 is 0 Å². The van der Waals surface area contributed by atoms with Crippen molar-refractivity contribution in [2.24, 2.45) is 0 Å². The van der Waals surface area contributed by atoms with Gasteiger partial charge in [0.15, 0.2) is 56.6 Å². The van der Waals surface area contributed by atoms with Gasteiger partial charge in [0.25, 0.3) is 0 Å². The van der Waals surface area contributed by atoms with Gasteiger partial charge in [0.1, 0.15) is 220 Å². The Bertz CT molecular complexity index is 2710. The van der Waals surface area contributed by atoms with Crippen LogP contribution in [0.3, 0.4) is 0 Å². The fraction of sp³-hybridized carbons (Fsp3) is 0.966. The van der Waals surface area contributed by atoms with Crippen LogP contribution in [0.4, 0.5) is 0 Å². The molecule has 9 heterocycles. The van der Waals surface area contributed by atoms with Crippen LogP contribution in [0.1, 0.15) is 13.8 Å². The summed E-state index contributed by atoms with van der Waals surface area (Å²) in [4.78, 5) is 25.1. The third-order valence-corrected chi connectivity index (χ3v) is 19.5. The minimum Gasteiger partial charge on any atom is -0.394 e. The highest BCUT2D eigenvalue weighted by Crippen LogP contribution is 2.39. The first-order valence-electron chi connectivity index (χ1n) is 33.7. The van der Waals surface area contributed by atoms with Crippen LogP contribution < -0.4 is 10.6 Å². The van der Waals surface area contributed by atoms with Gasteiger partial charge in [0.05, 0.1) is 59.5 Å². The molecule has 616 valence electrons. The number of amides is 2. The van der Waals surface area contributed by atoms with Crippen molar-refractivity contribution in [3.8, 4) is 0 Å². The molecular weight excluding hydrogens is 1460 g/mol. The van der Waals surface area contributed by atoms with E-state index in [1.165, 1.54) is 0 Å². The molecule has 9 aliphatic rings. The zero-order chi connectivity index (χ0) is 77.9. The summed E-state index contributed by atoms with van der Waals surface area (Å²) in [7, 11) is 0. The van der Waals surface area contributed by atoms with Crippen LogP contribution in [0.15, 0.2) is 0 Å². The largest absolute Gasteiger partial charge is 0.394 e. The molecule has 0 aliphatic carbocycles. The van der Waals surface area contributed by atoms with Crippen molar-refractivity contribution in [1.29, 1.82) is 0 Å². The number of aliphatic hydroxyl groups is 27. The summed E-state index contributed by atoms with van der Waals surface area (Å²) < 4.78 is 98.7. The van der Waals surface area contributed by atoms with E-state index < -0.39 is 348 Å². The number of hydrogen-bond acceptors (Lipinski definition) is 46. The lowest BCUT2D eigenvalue weighted by molar-refractivity contribution is -0.409. The van der Waals surface area contributed by atoms with Gasteiger partial charge < -0.3 is 229 Å². The molecule has 29 N–H and O–H groups in total. The van der Waals surface area contributed by atoms with Crippen molar-refractivity contribution in [2.45, 2.75) is 290 Å². The Morgan fingerprint density at radius 3 is 0.934 bits per heavy atom. The zero-order valence-electron chi connectivity index (χ0n) is 56.2. The second-order valence-corrected chi connectivity index (χ2v) is 26.8. The van der Waals surface area contributed by atoms with Crippen molar-refractivity contribution < 1.29 is 228 Å². The Balaban J connectivity index is 1.06. The van der Waals surface area contributed by atoms with Crippen LogP contribution in [-0.2, 0) is 90.1 Å². The molecule has 106 heavy (non-hydrogen) atoms. The van der Waals surface area contributed by atoms with E-state index in [9.17, 15) is 147 Å². The summed E-state index contributed by atoms with van der Waals surface area (Å²) in [6.45, 7) is -7.45. The van der Waals surface area contributed by atoms with Crippen LogP contribution in [0, 0.1) is 0 Å². The molecule has 0 aromatic rings. The maximum Gasteiger partial charge on any atom is 0.217 e. The molecule has 0 aromatic carbocycles. The summed E-state index contributed by atoms with van der Waals surface area (Å²) >= 11 is 0. The molecule has 0 saturated carbocycles. The zero-order valence-corrected chi connectivity index (χ0v) is 56.2. The van der Waals surface area contributed by atoms with Gasteiger partial charge in [-0.2, -0.15) is 0 Å². The van der Waals surface area contributed by atoms with E-state index in [-0.39, 0.29) is 0 Å². The molecule has 0 radical (unpaired) electrons. The predicted octanol–water partition coefficient (Wildman–Crippen LogP) is -20.3. The Hall–Kier alpha value is -2.82. The van der Waals surface area contributed by atoms with Crippen LogP contribution in [0.2, 0.25) is 0 Å². The smallest absolute Gasteiger partial charge is 0.217 e. The SMILES string of the molecule is CC(=O)N[C@@H]1[C@@H](O)[C@H](O[C@@H]2O[C@H](CO)[C@@H](O[C@@H]3O[C@H](CO[C@H]4O[C@H](CO[C@H]5O[C@H](CO)[C@@H](O)[C@H](O)[C@@H]5O)[C@@H](O)[C@H](O)[C@@H]4O)[C@@H](O)[C@H](O[C@H]4O[C@H](CO[C@H]5O[C@H](CO)[C@@H](O)[C@H](O)[C@@H]5O)[C@@H](O)[C@H](O)[C@@H]4O[C@H]4O[C@H](CO)[C@@H](O)[C@H](O)[C@@H]4O[C@H]4O[C@H](CO)[C@@H](O)[C@H](O)[C@@H]4O)[C@@H]3O)[C@H](O)[C@H]2NC(C)=O)[C@@H](CO)O[C@H]1O. The van der Waals surface area contributed by atoms with Gasteiger partial charge in [-0.3, -0.25) is 9.59 Å². The highest BCUT2D eigenvalue weighted by Gasteiger charge is 2.60. The van der Waals surface area contributed by atoms with E-state index >= 15 is 0 Å². The van der Waals surface area contributed by atoms with E-state index in [0.29, 0.717) is 0 Å². The molecule has 9 fully saturated rings. The number of hydrogen-bond donors (Lipinski definition) is 29. The Morgan fingerprint density at radius 1 is 0.245 bits per heavy atom. The fourth-order valence-corrected chi connectivity index (χ4v) is 13.4. The number of carbonyl (C=O) groups is 2. The maximum absolute atomic E-state index is 12.9. The summed E-state index contributed by atoms with van der Waals surface area (Å²) in [5.74, 6) is -1.73. The van der Waals surface area contributed by atoms with Gasteiger partial charge in [0.2, 0.25) is 11.8 Å². The topological polar surface area (TPSA) is 761 Å². The Morgan fingerprint density at radius 2 is 0.509 bits per heavy atom. The summed E-state index contributed by atoms with van der Waals surface area (Å²) in [6.07, 6.45) is -90.5. The second-order valence-electron chi connectivity index (χ2n) is 26.8. The number of nitrogens with one attached hydrogen (secondary N) is 2. The molecular formula is C58H98N2O46. The number of carbonyl (C=O) groups excluding carboxylic acids is 2. The molecule has 0 aromatic heterocycles. The molecule has 9 aliphatic heterocycles. The number of aliphatic hydroxyl groups excluding tert-OH is 27. The van der Waals surface area contributed by atoms with Crippen LogP contribution in [0.5, 0.6) is 0 Å². The van der Waals surface area contributed by atoms with Crippen molar-refractivity contribution in [1.82, 2.24) is 10.6 Å². The average Bonchev–Trinajstić information content (AvgIpc) is 0.747. The summed E-state index contributed by atoms with van der Waals surface area (Å²) in [5, 5.41) is 301. The third-order valence-electron chi connectivity index (χ3n) is 19.5. The lowest BCUT2D eigenvalue weighted by atomic mass is 9.94. The average molecular weight is 1560 g/mol. The van der Waals surface area contributed by atoms with E-state index in [4.69, 9.17) is 80.5 Å². The van der Waals surface area contributed by atoms with E-state index in [2.05, 4.69) is 10.6 Å². The monoisotopic (exact) mass is 1560 g/mol. The van der Waals surface area contributed by atoms with Gasteiger partial charge in [-0.25, -0.2) is 0 Å². The second kappa shape index (κ2) is 37.9. The minimum atomic E-state index is -2.61. The molecule has 9 saturated heterocycles. The molecule has 2 amide bonds. The van der Waals surface area contributed by atoms with E-state index in [1.54, 1.807) is 0 Å². The van der Waals surface area contributed by atoms with Crippen molar-refractivity contribution >= 4 is 11.8 Å². The molecule has 48 heteroatoms. The Labute approximate surface area is 598 Å². The van der Waals surface area contributed by atoms with Gasteiger partial charge in [-0.1, -0.05) is 0 Å². The molecule has 0 unspecified atom stereocenters. The van der Waals surface area contributed by atoms with E-state index in [1.807, 2.05) is 0 Å². The number of ether oxygens (including phenoxy) is 17. The quantitative estimate of drug-likeness (QED) is 0.0363. The first-order valence-corrected chi connectivity index (χ1v) is 33.7. The van der Waals surface area contributed by atoms with Crippen molar-refractivity contribution in [2.75, 3.05) is 59.5 Å². The highest BCUT2D eigenvalue weighted by atomic mass is 16.8. The molecule has 48 nitrogen and oxygen atoms in total. The van der Waals surface area contributed by atoms with Gasteiger partial charge in [0, 0.05) is 13.8 Å². The molecule has 0 bridgehead atoms. The Kier molecular flexibility index (Phi) is 31.1.